The van der Waals surface area contributed by atoms with Gasteiger partial charge < -0.3 is 9.47 Å². The first-order valence-corrected chi connectivity index (χ1v) is 12.5. The minimum Gasteiger partial charge on any atom is -0.497 e. The van der Waals surface area contributed by atoms with E-state index in [0.29, 0.717) is 22.6 Å². The minimum absolute atomic E-state index is 0.00519. The van der Waals surface area contributed by atoms with Crippen LogP contribution >= 0.6 is 0 Å². The lowest BCUT2D eigenvalue weighted by molar-refractivity contribution is 0.0280. The van der Waals surface area contributed by atoms with Crippen molar-refractivity contribution in [3.63, 3.8) is 0 Å². The Labute approximate surface area is 209 Å². The van der Waals surface area contributed by atoms with Crippen LogP contribution in [0.4, 0.5) is 5.69 Å². The highest BCUT2D eigenvalue weighted by Gasteiger charge is 2.27. The summed E-state index contributed by atoms with van der Waals surface area (Å²) in [6.07, 6.45) is -1.20. The van der Waals surface area contributed by atoms with E-state index in [1.165, 1.54) is 31.4 Å². The van der Waals surface area contributed by atoms with Crippen LogP contribution in [0.5, 0.6) is 5.75 Å². The van der Waals surface area contributed by atoms with Crippen molar-refractivity contribution in [3.8, 4) is 5.75 Å². The molecule has 0 radical (unpaired) electrons. The molecule has 0 aliphatic carbocycles. The zero-order chi connectivity index (χ0) is 25.5. The van der Waals surface area contributed by atoms with Crippen molar-refractivity contribution >= 4 is 27.5 Å². The molecule has 0 amide bonds. The number of Topliss-reactive ketones (excluding diaryl/α,β-unsaturated/α-hetero) is 1. The topological polar surface area (TPSA) is 98.8 Å². The van der Waals surface area contributed by atoms with Gasteiger partial charge in [0.05, 0.1) is 17.6 Å². The lowest BCUT2D eigenvalue weighted by Crippen LogP contribution is -2.21. The first-order valence-electron chi connectivity index (χ1n) is 11.0. The van der Waals surface area contributed by atoms with Gasteiger partial charge in [-0.3, -0.25) is 9.52 Å². The lowest BCUT2D eigenvalue weighted by atomic mass is 10.00. The molecule has 4 aromatic carbocycles. The van der Waals surface area contributed by atoms with Crippen LogP contribution in [0.15, 0.2) is 114 Å². The fourth-order valence-corrected chi connectivity index (χ4v) is 4.60. The SMILES string of the molecule is COc1ccc(NS(=O)(=O)c2cccc(C(=O)OC(C(=O)c3ccccc3)c3ccccc3)c2)cc1. The summed E-state index contributed by atoms with van der Waals surface area (Å²) in [6, 6.07) is 29.0. The average Bonchev–Trinajstić information content (AvgIpc) is 2.92. The number of carbonyl (C=O) groups excluding carboxylic acids is 2. The minimum atomic E-state index is -3.99. The third-order valence-electron chi connectivity index (χ3n) is 5.35. The van der Waals surface area contributed by atoms with Gasteiger partial charge in [-0.15, -0.1) is 0 Å². The van der Waals surface area contributed by atoms with E-state index in [1.807, 2.05) is 0 Å². The molecule has 0 aliphatic heterocycles. The van der Waals surface area contributed by atoms with Crippen molar-refractivity contribution in [2.45, 2.75) is 11.0 Å². The molecule has 7 nitrogen and oxygen atoms in total. The Morgan fingerprint density at radius 3 is 2.00 bits per heavy atom. The molecular formula is C28H23NO6S. The number of nitrogens with one attached hydrogen (secondary N) is 1. The van der Waals surface area contributed by atoms with Gasteiger partial charge in [0.25, 0.3) is 10.0 Å². The summed E-state index contributed by atoms with van der Waals surface area (Å²) in [5.41, 5.74) is 1.22. The van der Waals surface area contributed by atoms with E-state index in [4.69, 9.17) is 9.47 Å². The highest BCUT2D eigenvalue weighted by atomic mass is 32.2. The summed E-state index contributed by atoms with van der Waals surface area (Å²) in [5.74, 6) is -0.629. The van der Waals surface area contributed by atoms with Gasteiger partial charge in [-0.1, -0.05) is 66.7 Å². The molecular weight excluding hydrogens is 478 g/mol. The smallest absolute Gasteiger partial charge is 0.339 e. The highest BCUT2D eigenvalue weighted by molar-refractivity contribution is 7.92. The van der Waals surface area contributed by atoms with E-state index < -0.39 is 22.1 Å². The first-order chi connectivity index (χ1) is 17.4. The fraction of sp³-hybridized carbons (Fsp3) is 0.0714. The summed E-state index contributed by atoms with van der Waals surface area (Å²) in [6.45, 7) is 0. The molecule has 4 rings (SSSR count). The molecule has 36 heavy (non-hydrogen) atoms. The van der Waals surface area contributed by atoms with Gasteiger partial charge in [0.15, 0.2) is 6.10 Å². The molecule has 1 unspecified atom stereocenters. The summed E-state index contributed by atoms with van der Waals surface area (Å²) >= 11 is 0. The molecule has 1 atom stereocenters. The predicted molar refractivity (Wildman–Crippen MR) is 136 cm³/mol. The molecule has 8 heteroatoms. The third kappa shape index (κ3) is 5.79. The number of carbonyl (C=O) groups is 2. The van der Waals surface area contributed by atoms with Gasteiger partial charge in [-0.05, 0) is 42.5 Å². The number of hydrogen-bond donors (Lipinski definition) is 1. The maximum Gasteiger partial charge on any atom is 0.339 e. The summed E-state index contributed by atoms with van der Waals surface area (Å²) in [5, 5.41) is 0. The number of rotatable bonds is 9. The number of ketones is 1. The van der Waals surface area contributed by atoms with Gasteiger partial charge in [0, 0.05) is 16.8 Å². The van der Waals surface area contributed by atoms with Crippen LogP contribution in [-0.4, -0.2) is 27.3 Å². The largest absolute Gasteiger partial charge is 0.497 e. The molecule has 0 saturated carbocycles. The van der Waals surface area contributed by atoms with E-state index in [0.717, 1.165) is 0 Å². The van der Waals surface area contributed by atoms with Crippen LogP contribution < -0.4 is 9.46 Å². The number of methoxy groups -OCH3 is 1. The molecule has 0 heterocycles. The monoisotopic (exact) mass is 501 g/mol. The normalized spacial score (nSPS) is 11.8. The average molecular weight is 502 g/mol. The zero-order valence-electron chi connectivity index (χ0n) is 19.3. The Morgan fingerprint density at radius 2 is 1.36 bits per heavy atom. The van der Waals surface area contributed by atoms with Gasteiger partial charge in [-0.2, -0.15) is 0 Å². The Bertz CT molecular complexity index is 1450. The predicted octanol–water partition coefficient (Wildman–Crippen LogP) is 5.28. The number of benzene rings is 4. The number of sulfonamides is 1. The standard InChI is InChI=1S/C28H23NO6S/c1-34-24-17-15-23(16-18-24)29-36(32,33)25-14-8-13-22(19-25)28(31)35-27(21-11-6-3-7-12-21)26(30)20-9-4-2-5-10-20/h2-19,27,29H,1H3. The van der Waals surface area contributed by atoms with E-state index in [-0.39, 0.29) is 16.2 Å². The second-order valence-corrected chi connectivity index (χ2v) is 9.47. The van der Waals surface area contributed by atoms with Crippen LogP contribution in [0, 0.1) is 0 Å². The van der Waals surface area contributed by atoms with Gasteiger partial charge in [-0.25, -0.2) is 13.2 Å². The number of esters is 1. The van der Waals surface area contributed by atoms with Crippen molar-refractivity contribution in [1.82, 2.24) is 0 Å². The quantitative estimate of drug-likeness (QED) is 0.248. The van der Waals surface area contributed by atoms with Gasteiger partial charge >= 0.3 is 5.97 Å². The zero-order valence-corrected chi connectivity index (χ0v) is 20.1. The van der Waals surface area contributed by atoms with Gasteiger partial charge in [0.2, 0.25) is 5.78 Å². The molecule has 0 fully saturated rings. The van der Waals surface area contributed by atoms with E-state index >= 15 is 0 Å². The maximum absolute atomic E-state index is 13.2. The fourth-order valence-electron chi connectivity index (χ4n) is 3.49. The Hall–Kier alpha value is -4.43. The maximum atomic E-state index is 13.2. The van der Waals surface area contributed by atoms with Gasteiger partial charge in [0.1, 0.15) is 5.75 Å². The summed E-state index contributed by atoms with van der Waals surface area (Å²) in [7, 11) is -2.48. The summed E-state index contributed by atoms with van der Waals surface area (Å²) < 4.78 is 39.0. The Kier molecular flexibility index (Phi) is 7.46. The molecule has 0 bridgehead atoms. The third-order valence-corrected chi connectivity index (χ3v) is 6.72. The van der Waals surface area contributed by atoms with Crippen LogP contribution in [0.3, 0.4) is 0 Å². The number of hydrogen-bond acceptors (Lipinski definition) is 6. The molecule has 182 valence electrons. The van der Waals surface area contributed by atoms with E-state index in [1.54, 1.807) is 84.9 Å². The molecule has 0 spiro atoms. The second kappa shape index (κ2) is 10.9. The number of anilines is 1. The molecule has 1 N–H and O–H groups in total. The molecule has 4 aromatic rings. The van der Waals surface area contributed by atoms with Crippen LogP contribution in [0.1, 0.15) is 32.4 Å². The number of ether oxygens (including phenoxy) is 2. The van der Waals surface area contributed by atoms with Crippen molar-refractivity contribution in [3.05, 3.63) is 126 Å². The second-order valence-electron chi connectivity index (χ2n) is 7.79. The van der Waals surface area contributed by atoms with Crippen molar-refractivity contribution in [2.75, 3.05) is 11.8 Å². The Morgan fingerprint density at radius 1 is 0.750 bits per heavy atom. The van der Waals surface area contributed by atoms with Crippen LogP contribution in [-0.2, 0) is 14.8 Å². The molecule has 0 saturated heterocycles. The Balaban J connectivity index is 1.58. The van der Waals surface area contributed by atoms with Crippen molar-refractivity contribution in [1.29, 1.82) is 0 Å². The first kappa shape index (κ1) is 24.7. The van der Waals surface area contributed by atoms with Crippen molar-refractivity contribution in [2.24, 2.45) is 0 Å². The van der Waals surface area contributed by atoms with Crippen LogP contribution in [0.25, 0.3) is 0 Å². The van der Waals surface area contributed by atoms with Crippen LogP contribution in [0.2, 0.25) is 0 Å². The highest BCUT2D eigenvalue weighted by Crippen LogP contribution is 2.25. The molecule has 0 aliphatic rings. The van der Waals surface area contributed by atoms with E-state index in [9.17, 15) is 18.0 Å². The van der Waals surface area contributed by atoms with E-state index in [2.05, 4.69) is 4.72 Å². The lowest BCUT2D eigenvalue weighted by Gasteiger charge is -2.18. The molecule has 0 aromatic heterocycles. The summed E-state index contributed by atoms with van der Waals surface area (Å²) in [4.78, 5) is 26.1. The van der Waals surface area contributed by atoms with Crippen molar-refractivity contribution < 1.29 is 27.5 Å².